The van der Waals surface area contributed by atoms with Crippen LogP contribution in [-0.4, -0.2) is 54.9 Å². The number of fused-ring (bicyclic) bond motifs is 1. The predicted octanol–water partition coefficient (Wildman–Crippen LogP) is 3.19. The van der Waals surface area contributed by atoms with Crippen LogP contribution < -0.4 is 5.46 Å². The molecule has 0 N–H and O–H groups in total. The first kappa shape index (κ1) is 22.4. The van der Waals surface area contributed by atoms with E-state index < -0.39 is 26.4 Å². The molecule has 1 fully saturated rings. The van der Waals surface area contributed by atoms with Gasteiger partial charge in [-0.3, -0.25) is 0 Å². The first-order valence-corrected chi connectivity index (χ1v) is 13.9. The SMILES string of the molecule is COCc1nn(COCC[Si](C)(C)C)c2ncc(B3OC(C)(C)C(C)(C)O3)cc12. The molecule has 1 aliphatic rings. The summed E-state index contributed by atoms with van der Waals surface area (Å²) in [5.74, 6) is 0. The molecular weight excluding hydrogens is 385 g/mol. The largest absolute Gasteiger partial charge is 0.496 e. The van der Waals surface area contributed by atoms with E-state index in [0.717, 1.165) is 34.8 Å². The quantitative estimate of drug-likeness (QED) is 0.484. The number of ether oxygens (including phenoxy) is 2. The van der Waals surface area contributed by atoms with E-state index in [1.807, 2.05) is 38.4 Å². The lowest BCUT2D eigenvalue weighted by Gasteiger charge is -2.32. The number of methoxy groups -OCH3 is 1. The van der Waals surface area contributed by atoms with Crippen molar-refractivity contribution in [2.75, 3.05) is 13.7 Å². The molecule has 7 nitrogen and oxygen atoms in total. The molecule has 1 saturated heterocycles. The number of nitrogens with zero attached hydrogens (tertiary/aromatic N) is 3. The first-order chi connectivity index (χ1) is 13.4. The molecule has 3 heterocycles. The first-order valence-electron chi connectivity index (χ1n) is 10.2. The van der Waals surface area contributed by atoms with Gasteiger partial charge in [-0.2, -0.15) is 5.10 Å². The highest BCUT2D eigenvalue weighted by Gasteiger charge is 2.51. The highest BCUT2D eigenvalue weighted by molar-refractivity contribution is 6.76. The van der Waals surface area contributed by atoms with Gasteiger partial charge in [0.1, 0.15) is 6.73 Å². The number of rotatable bonds is 8. The number of hydrogen-bond acceptors (Lipinski definition) is 6. The Morgan fingerprint density at radius 3 is 2.38 bits per heavy atom. The molecule has 0 spiro atoms. The monoisotopic (exact) mass is 419 g/mol. The number of hydrogen-bond donors (Lipinski definition) is 0. The second-order valence-corrected chi connectivity index (χ2v) is 15.6. The van der Waals surface area contributed by atoms with Gasteiger partial charge in [0.2, 0.25) is 0 Å². The summed E-state index contributed by atoms with van der Waals surface area (Å²) in [6, 6.07) is 3.17. The summed E-state index contributed by atoms with van der Waals surface area (Å²) in [4.78, 5) is 4.67. The average molecular weight is 419 g/mol. The van der Waals surface area contributed by atoms with Crippen molar-refractivity contribution in [2.24, 2.45) is 0 Å². The van der Waals surface area contributed by atoms with E-state index in [1.165, 1.54) is 0 Å². The van der Waals surface area contributed by atoms with Gasteiger partial charge in [0.25, 0.3) is 0 Å². The lowest BCUT2D eigenvalue weighted by atomic mass is 9.80. The van der Waals surface area contributed by atoms with Crippen LogP contribution in [0.5, 0.6) is 0 Å². The summed E-state index contributed by atoms with van der Waals surface area (Å²) in [5.41, 5.74) is 1.72. The molecule has 29 heavy (non-hydrogen) atoms. The van der Waals surface area contributed by atoms with Crippen LogP contribution in [0.15, 0.2) is 12.3 Å². The zero-order chi connectivity index (χ0) is 21.4. The Morgan fingerprint density at radius 2 is 1.79 bits per heavy atom. The van der Waals surface area contributed by atoms with Crippen molar-refractivity contribution < 1.29 is 18.8 Å². The Labute approximate surface area is 175 Å². The van der Waals surface area contributed by atoms with Crippen LogP contribution in [0.2, 0.25) is 25.7 Å². The van der Waals surface area contributed by atoms with Crippen LogP contribution in [0.3, 0.4) is 0 Å². The van der Waals surface area contributed by atoms with Crippen molar-refractivity contribution >= 4 is 31.7 Å². The van der Waals surface area contributed by atoms with Crippen LogP contribution >= 0.6 is 0 Å². The molecule has 0 bridgehead atoms. The lowest BCUT2D eigenvalue weighted by molar-refractivity contribution is 0.00578. The van der Waals surface area contributed by atoms with Gasteiger partial charge in [0, 0.05) is 38.8 Å². The molecule has 1 aliphatic heterocycles. The maximum atomic E-state index is 6.18. The van der Waals surface area contributed by atoms with E-state index in [0.29, 0.717) is 13.3 Å². The zero-order valence-electron chi connectivity index (χ0n) is 19.0. The molecular formula is C20H34BN3O4Si. The molecule has 0 unspecified atom stereocenters. The van der Waals surface area contributed by atoms with E-state index in [2.05, 4.69) is 29.7 Å². The molecule has 2 aromatic heterocycles. The number of aromatic nitrogens is 3. The normalized spacial score (nSPS) is 18.7. The molecule has 160 valence electrons. The third-order valence-electron chi connectivity index (χ3n) is 5.70. The Morgan fingerprint density at radius 1 is 1.14 bits per heavy atom. The molecule has 9 heteroatoms. The van der Waals surface area contributed by atoms with Gasteiger partial charge >= 0.3 is 7.12 Å². The third kappa shape index (κ3) is 4.91. The highest BCUT2D eigenvalue weighted by atomic mass is 28.3. The van der Waals surface area contributed by atoms with E-state index in [1.54, 1.807) is 13.3 Å². The summed E-state index contributed by atoms with van der Waals surface area (Å²) < 4.78 is 25.4. The van der Waals surface area contributed by atoms with E-state index >= 15 is 0 Å². The average Bonchev–Trinajstić information content (AvgIpc) is 3.05. The van der Waals surface area contributed by atoms with Gasteiger partial charge in [0.15, 0.2) is 5.65 Å². The van der Waals surface area contributed by atoms with Gasteiger partial charge in [-0.25, -0.2) is 9.67 Å². The highest BCUT2D eigenvalue weighted by Crippen LogP contribution is 2.36. The molecule has 0 aromatic carbocycles. The Kier molecular flexibility index (Phi) is 6.27. The van der Waals surface area contributed by atoms with Crippen molar-refractivity contribution in [1.29, 1.82) is 0 Å². The molecule has 3 rings (SSSR count). The standard InChI is InChI=1S/C20H34BN3O4Si/c1-19(2)20(3,4)28-21(27-19)15-11-16-17(13-25-5)23-24(18(16)22-12-15)14-26-9-10-29(6,7)8/h11-12H,9-10,13-14H2,1-8H3. The maximum absolute atomic E-state index is 6.18. The Bertz CT molecular complexity index is 847. The molecule has 2 aromatic rings. The molecule has 0 radical (unpaired) electrons. The van der Waals surface area contributed by atoms with Gasteiger partial charge in [-0.15, -0.1) is 0 Å². The molecule has 0 atom stereocenters. The van der Waals surface area contributed by atoms with Crippen molar-refractivity contribution in [3.05, 3.63) is 18.0 Å². The fourth-order valence-corrected chi connectivity index (χ4v) is 3.87. The maximum Gasteiger partial charge on any atom is 0.496 e. The van der Waals surface area contributed by atoms with E-state index in [9.17, 15) is 0 Å². The third-order valence-corrected chi connectivity index (χ3v) is 7.41. The summed E-state index contributed by atoms with van der Waals surface area (Å²) in [7, 11) is 0.0916. The van der Waals surface area contributed by atoms with Crippen molar-refractivity contribution in [3.63, 3.8) is 0 Å². The zero-order valence-corrected chi connectivity index (χ0v) is 20.0. The second kappa shape index (κ2) is 8.11. The van der Waals surface area contributed by atoms with Crippen LogP contribution in [0.25, 0.3) is 11.0 Å². The van der Waals surface area contributed by atoms with Crippen LogP contribution in [0.1, 0.15) is 33.4 Å². The second-order valence-electron chi connectivity index (χ2n) is 9.96. The van der Waals surface area contributed by atoms with Crippen molar-refractivity contribution in [3.8, 4) is 0 Å². The predicted molar refractivity (Wildman–Crippen MR) is 118 cm³/mol. The fraction of sp³-hybridized carbons (Fsp3) is 0.700. The van der Waals surface area contributed by atoms with Crippen LogP contribution in [0.4, 0.5) is 0 Å². The van der Waals surface area contributed by atoms with Gasteiger partial charge < -0.3 is 18.8 Å². The minimum Gasteiger partial charge on any atom is -0.399 e. The van der Waals surface area contributed by atoms with Crippen molar-refractivity contribution in [2.45, 2.75) is 77.9 Å². The summed E-state index contributed by atoms with van der Waals surface area (Å²) in [5, 5.41) is 5.61. The molecule has 0 aliphatic carbocycles. The van der Waals surface area contributed by atoms with E-state index in [-0.39, 0.29) is 0 Å². The minimum atomic E-state index is -1.12. The topological polar surface area (TPSA) is 67.6 Å². The van der Waals surface area contributed by atoms with Crippen LogP contribution in [0, 0.1) is 0 Å². The Hall–Kier alpha value is -1.26. The lowest BCUT2D eigenvalue weighted by Crippen LogP contribution is -2.41. The van der Waals surface area contributed by atoms with Gasteiger partial charge in [0.05, 0.1) is 23.5 Å². The van der Waals surface area contributed by atoms with Crippen LogP contribution in [-0.2, 0) is 32.1 Å². The summed E-state index contributed by atoms with van der Waals surface area (Å²) in [6.07, 6.45) is 1.81. The fourth-order valence-electron chi connectivity index (χ4n) is 3.11. The van der Waals surface area contributed by atoms with Gasteiger partial charge in [-0.1, -0.05) is 19.6 Å². The Balaban J connectivity index is 1.83. The minimum absolute atomic E-state index is 0.382. The van der Waals surface area contributed by atoms with Crippen molar-refractivity contribution in [1.82, 2.24) is 14.8 Å². The summed E-state index contributed by atoms with van der Waals surface area (Å²) >= 11 is 0. The summed E-state index contributed by atoms with van der Waals surface area (Å²) in [6.45, 7) is 16.7. The van der Waals surface area contributed by atoms with E-state index in [4.69, 9.17) is 18.8 Å². The molecule has 0 saturated carbocycles. The smallest absolute Gasteiger partial charge is 0.399 e. The molecule has 0 amide bonds. The number of pyridine rings is 1. The van der Waals surface area contributed by atoms with Gasteiger partial charge in [-0.05, 0) is 39.8 Å².